The summed E-state index contributed by atoms with van der Waals surface area (Å²) in [4.78, 5) is 42.4. The van der Waals surface area contributed by atoms with Crippen LogP contribution in [0.3, 0.4) is 0 Å². The zero-order chi connectivity index (χ0) is 22.1. The van der Waals surface area contributed by atoms with Gasteiger partial charge in [0.25, 0.3) is 17.2 Å². The van der Waals surface area contributed by atoms with Gasteiger partial charge in [-0.25, -0.2) is 10.4 Å². The number of aryl methyl sites for hydroxylation is 1. The van der Waals surface area contributed by atoms with E-state index in [4.69, 9.17) is 0 Å². The van der Waals surface area contributed by atoms with Crippen LogP contribution in [0.25, 0.3) is 10.2 Å². The summed E-state index contributed by atoms with van der Waals surface area (Å²) < 4.78 is 1.32. The summed E-state index contributed by atoms with van der Waals surface area (Å²) in [6.45, 7) is 3.81. The van der Waals surface area contributed by atoms with Crippen LogP contribution < -0.4 is 11.0 Å². The van der Waals surface area contributed by atoms with Crippen molar-refractivity contribution in [1.82, 2.24) is 15.0 Å². The molecular formula is C21H21N5O4S. The number of benzene rings is 1. The maximum atomic E-state index is 13.1. The Bertz CT molecular complexity index is 1260. The van der Waals surface area contributed by atoms with Gasteiger partial charge in [0.2, 0.25) is 0 Å². The van der Waals surface area contributed by atoms with E-state index in [1.807, 2.05) is 0 Å². The minimum absolute atomic E-state index is 0.0666. The van der Waals surface area contributed by atoms with E-state index in [2.05, 4.69) is 22.4 Å². The fraction of sp³-hybridized carbons (Fsp3) is 0.333. The Balaban J connectivity index is 1.54. The van der Waals surface area contributed by atoms with Gasteiger partial charge in [0, 0.05) is 22.6 Å². The van der Waals surface area contributed by atoms with Gasteiger partial charge in [0.05, 0.1) is 22.9 Å². The molecule has 9 nitrogen and oxygen atoms in total. The van der Waals surface area contributed by atoms with Gasteiger partial charge in [0.15, 0.2) is 0 Å². The summed E-state index contributed by atoms with van der Waals surface area (Å²) in [6.07, 6.45) is 5.57. The molecule has 3 aromatic rings. The first-order chi connectivity index (χ1) is 14.8. The molecule has 0 aliphatic heterocycles. The van der Waals surface area contributed by atoms with Crippen molar-refractivity contribution in [3.63, 3.8) is 0 Å². The lowest BCUT2D eigenvalue weighted by atomic mass is 9.89. The summed E-state index contributed by atoms with van der Waals surface area (Å²) in [5.74, 6) is 0.110. The van der Waals surface area contributed by atoms with E-state index in [1.54, 1.807) is 24.3 Å². The van der Waals surface area contributed by atoms with Crippen LogP contribution in [0.5, 0.6) is 0 Å². The van der Waals surface area contributed by atoms with Gasteiger partial charge in [-0.3, -0.25) is 24.3 Å². The third kappa shape index (κ3) is 4.11. The molecule has 10 heteroatoms. The minimum Gasteiger partial charge on any atom is -0.286 e. The number of rotatable bonds is 5. The van der Waals surface area contributed by atoms with Crippen LogP contribution in [-0.2, 0) is 17.6 Å². The second-order valence-corrected chi connectivity index (χ2v) is 8.83. The summed E-state index contributed by atoms with van der Waals surface area (Å²) in [5.41, 5.74) is 3.65. The fourth-order valence-electron chi connectivity index (χ4n) is 3.73. The molecule has 1 aliphatic rings. The molecule has 0 fully saturated rings. The van der Waals surface area contributed by atoms with Gasteiger partial charge < -0.3 is 0 Å². The molecule has 2 aromatic heterocycles. The van der Waals surface area contributed by atoms with Crippen LogP contribution in [0, 0.1) is 16.0 Å². The minimum atomic E-state index is -0.815. The van der Waals surface area contributed by atoms with E-state index in [9.17, 15) is 19.7 Å². The topological polar surface area (TPSA) is 119 Å². The molecule has 160 valence electrons. The molecule has 0 saturated carbocycles. The second kappa shape index (κ2) is 8.38. The number of nitro groups is 1. The van der Waals surface area contributed by atoms with Crippen LogP contribution >= 0.6 is 11.3 Å². The smallest absolute Gasteiger partial charge is 0.270 e. The number of hydrogen-bond acceptors (Lipinski definition) is 7. The third-order valence-corrected chi connectivity index (χ3v) is 6.67. The number of nitrogens with one attached hydrogen (secondary N) is 1. The number of thiophene rings is 1. The number of fused-ring (bicyclic) bond motifs is 3. The van der Waals surface area contributed by atoms with Gasteiger partial charge in [0.1, 0.15) is 10.9 Å². The van der Waals surface area contributed by atoms with Crippen LogP contribution in [0.1, 0.15) is 42.3 Å². The maximum absolute atomic E-state index is 13.1. The normalized spacial score (nSPS) is 16.9. The van der Waals surface area contributed by atoms with Crippen molar-refractivity contribution in [2.24, 2.45) is 11.0 Å². The number of nitrogens with zero attached hydrogens (tertiary/aromatic N) is 4. The van der Waals surface area contributed by atoms with Crippen LogP contribution in [0.4, 0.5) is 5.69 Å². The predicted molar refractivity (Wildman–Crippen MR) is 119 cm³/mol. The van der Waals surface area contributed by atoms with Gasteiger partial charge in [-0.05, 0) is 37.7 Å². The predicted octanol–water partition coefficient (Wildman–Crippen LogP) is 3.20. The molecule has 0 radical (unpaired) electrons. The second-order valence-electron chi connectivity index (χ2n) is 7.75. The molecule has 4 rings (SSSR count). The summed E-state index contributed by atoms with van der Waals surface area (Å²) in [7, 11) is 0. The summed E-state index contributed by atoms with van der Waals surface area (Å²) in [5, 5.41) is 15.3. The molecule has 0 spiro atoms. The van der Waals surface area contributed by atoms with Crippen LogP contribution in [-0.4, -0.2) is 26.6 Å². The van der Waals surface area contributed by atoms with Crippen molar-refractivity contribution in [3.8, 4) is 0 Å². The van der Waals surface area contributed by atoms with Crippen molar-refractivity contribution >= 4 is 39.4 Å². The molecule has 2 unspecified atom stereocenters. The first-order valence-corrected chi connectivity index (χ1v) is 10.8. The van der Waals surface area contributed by atoms with E-state index in [-0.39, 0.29) is 11.2 Å². The number of carbonyl (C=O) groups excluding carboxylic acids is 1. The Morgan fingerprint density at radius 1 is 1.48 bits per heavy atom. The molecular weight excluding hydrogens is 418 g/mol. The lowest BCUT2D eigenvalue weighted by Crippen LogP contribution is -2.34. The molecule has 1 N–H and O–H groups in total. The summed E-state index contributed by atoms with van der Waals surface area (Å²) in [6, 6.07) is 5.07. The Morgan fingerprint density at radius 2 is 2.29 bits per heavy atom. The highest BCUT2D eigenvalue weighted by atomic mass is 32.1. The molecule has 1 aliphatic carbocycles. The standard InChI is InChI=1S/C21H21N5O4S/c1-12-6-7-16-17(8-12)31-20-18(16)21(28)25(11-22-20)13(2)19(27)24-23-10-14-4-3-5-15(9-14)26(29)30/h3-5,9-13H,6-8H2,1-2H3,(H,24,27)/b23-10+. The van der Waals surface area contributed by atoms with E-state index < -0.39 is 16.9 Å². The zero-order valence-electron chi connectivity index (χ0n) is 17.1. The molecule has 2 atom stereocenters. The van der Waals surface area contributed by atoms with Crippen LogP contribution in [0.2, 0.25) is 0 Å². The number of hydrogen-bond donors (Lipinski definition) is 1. The van der Waals surface area contributed by atoms with Crippen molar-refractivity contribution in [3.05, 3.63) is 67.1 Å². The summed E-state index contributed by atoms with van der Waals surface area (Å²) >= 11 is 1.56. The monoisotopic (exact) mass is 439 g/mol. The Kier molecular flexibility index (Phi) is 5.64. The van der Waals surface area contributed by atoms with Gasteiger partial charge >= 0.3 is 0 Å². The lowest BCUT2D eigenvalue weighted by Gasteiger charge is -2.18. The highest BCUT2D eigenvalue weighted by Gasteiger charge is 2.25. The Hall–Kier alpha value is -3.40. The molecule has 0 bridgehead atoms. The molecule has 1 amide bonds. The Labute approximate surface area is 181 Å². The average Bonchev–Trinajstić information content (AvgIpc) is 3.12. The zero-order valence-corrected chi connectivity index (χ0v) is 17.9. The van der Waals surface area contributed by atoms with Crippen molar-refractivity contribution in [2.75, 3.05) is 0 Å². The first-order valence-electron chi connectivity index (χ1n) is 9.94. The van der Waals surface area contributed by atoms with Gasteiger partial charge in [-0.2, -0.15) is 5.10 Å². The van der Waals surface area contributed by atoms with E-state index >= 15 is 0 Å². The number of aromatic nitrogens is 2. The largest absolute Gasteiger partial charge is 0.286 e. The number of amides is 1. The molecule has 0 saturated heterocycles. The average molecular weight is 439 g/mol. The van der Waals surface area contributed by atoms with E-state index in [0.29, 0.717) is 16.9 Å². The molecule has 2 heterocycles. The van der Waals surface area contributed by atoms with Gasteiger partial charge in [-0.15, -0.1) is 11.3 Å². The fourth-order valence-corrected chi connectivity index (χ4v) is 5.07. The highest BCUT2D eigenvalue weighted by Crippen LogP contribution is 2.35. The van der Waals surface area contributed by atoms with Crippen molar-refractivity contribution < 1.29 is 9.72 Å². The first kappa shape index (κ1) is 20.9. The quantitative estimate of drug-likeness (QED) is 0.372. The number of nitro benzene ring substituents is 1. The van der Waals surface area contributed by atoms with E-state index in [1.165, 1.54) is 40.2 Å². The number of carbonyl (C=O) groups is 1. The van der Waals surface area contributed by atoms with Gasteiger partial charge in [-0.1, -0.05) is 19.1 Å². The van der Waals surface area contributed by atoms with E-state index in [0.717, 1.165) is 29.7 Å². The molecule has 1 aromatic carbocycles. The number of non-ortho nitro benzene ring substituents is 1. The Morgan fingerprint density at radius 3 is 3.06 bits per heavy atom. The molecule has 31 heavy (non-hydrogen) atoms. The maximum Gasteiger partial charge on any atom is 0.270 e. The van der Waals surface area contributed by atoms with Crippen molar-refractivity contribution in [2.45, 2.75) is 39.2 Å². The van der Waals surface area contributed by atoms with Crippen LogP contribution in [0.15, 0.2) is 40.5 Å². The third-order valence-electron chi connectivity index (χ3n) is 5.51. The lowest BCUT2D eigenvalue weighted by molar-refractivity contribution is -0.384. The number of hydrazone groups is 1. The highest BCUT2D eigenvalue weighted by molar-refractivity contribution is 7.18. The van der Waals surface area contributed by atoms with Crippen molar-refractivity contribution in [1.29, 1.82) is 0 Å². The SMILES string of the molecule is CC1CCc2c(sc3ncn(C(C)C(=O)N/N=C/c4cccc([N+](=O)[O-])c4)c(=O)c23)C1.